The topological polar surface area (TPSA) is 12.0 Å². The van der Waals surface area contributed by atoms with Crippen molar-refractivity contribution in [1.29, 1.82) is 0 Å². The van der Waals surface area contributed by atoms with Crippen molar-refractivity contribution < 1.29 is 8.78 Å². The second kappa shape index (κ2) is 6.07. The molecular formula is C14H15F2NS. The van der Waals surface area contributed by atoms with Gasteiger partial charge in [-0.3, -0.25) is 0 Å². The number of nitrogens with one attached hydrogen (secondary N) is 1. The lowest BCUT2D eigenvalue weighted by atomic mass is 10.2. The monoisotopic (exact) mass is 267 g/mol. The molecule has 4 heteroatoms. The van der Waals surface area contributed by atoms with Gasteiger partial charge >= 0.3 is 0 Å². The Morgan fingerprint density at radius 2 is 2.00 bits per heavy atom. The lowest BCUT2D eigenvalue weighted by Crippen LogP contribution is -2.12. The van der Waals surface area contributed by atoms with Crippen molar-refractivity contribution in [3.8, 4) is 10.4 Å². The fourth-order valence-corrected chi connectivity index (χ4v) is 2.70. The van der Waals surface area contributed by atoms with Crippen LogP contribution in [0.1, 0.15) is 18.2 Å². The van der Waals surface area contributed by atoms with Crippen molar-refractivity contribution in [3.63, 3.8) is 0 Å². The van der Waals surface area contributed by atoms with E-state index in [2.05, 4.69) is 12.2 Å². The Labute approximate surface area is 109 Å². The van der Waals surface area contributed by atoms with E-state index < -0.39 is 11.6 Å². The summed E-state index contributed by atoms with van der Waals surface area (Å²) >= 11 is 1.49. The first-order chi connectivity index (χ1) is 8.72. The van der Waals surface area contributed by atoms with E-state index in [0.29, 0.717) is 5.56 Å². The van der Waals surface area contributed by atoms with Crippen molar-refractivity contribution in [2.75, 3.05) is 6.54 Å². The maximum absolute atomic E-state index is 13.6. The fraction of sp³-hybridized carbons (Fsp3) is 0.286. The van der Waals surface area contributed by atoms with E-state index in [4.69, 9.17) is 0 Å². The van der Waals surface area contributed by atoms with Crippen LogP contribution in [0.4, 0.5) is 8.78 Å². The van der Waals surface area contributed by atoms with E-state index in [1.165, 1.54) is 17.4 Å². The van der Waals surface area contributed by atoms with Crippen LogP contribution < -0.4 is 5.32 Å². The molecule has 0 saturated carbocycles. The predicted molar refractivity (Wildman–Crippen MR) is 71.7 cm³/mol. The summed E-state index contributed by atoms with van der Waals surface area (Å²) in [5, 5.41) is 3.28. The highest BCUT2D eigenvalue weighted by atomic mass is 32.1. The van der Waals surface area contributed by atoms with E-state index in [1.807, 2.05) is 12.1 Å². The molecule has 0 aliphatic rings. The minimum absolute atomic E-state index is 0.335. The Kier molecular flexibility index (Phi) is 4.44. The molecule has 1 N–H and O–H groups in total. The predicted octanol–water partition coefficient (Wildman–Crippen LogP) is 4.19. The van der Waals surface area contributed by atoms with Gasteiger partial charge in [-0.25, -0.2) is 8.78 Å². The molecule has 96 valence electrons. The molecule has 1 heterocycles. The van der Waals surface area contributed by atoms with Crippen LogP contribution in [0.25, 0.3) is 10.4 Å². The van der Waals surface area contributed by atoms with E-state index >= 15 is 0 Å². The van der Waals surface area contributed by atoms with Crippen LogP contribution in [0.5, 0.6) is 0 Å². The number of rotatable bonds is 5. The molecule has 2 aromatic rings. The van der Waals surface area contributed by atoms with Crippen molar-refractivity contribution in [1.82, 2.24) is 5.32 Å². The summed E-state index contributed by atoms with van der Waals surface area (Å²) in [6.07, 6.45) is 1.08. The number of thiophene rings is 1. The molecule has 0 atom stereocenters. The largest absolute Gasteiger partial charge is 0.312 e. The summed E-state index contributed by atoms with van der Waals surface area (Å²) in [5.74, 6) is -1.57. The molecule has 1 aromatic carbocycles. The third kappa shape index (κ3) is 2.94. The molecule has 0 unspecified atom stereocenters. The molecule has 0 bridgehead atoms. The van der Waals surface area contributed by atoms with E-state index in [0.717, 1.165) is 35.3 Å². The molecule has 18 heavy (non-hydrogen) atoms. The maximum atomic E-state index is 13.6. The summed E-state index contributed by atoms with van der Waals surface area (Å²) in [6.45, 7) is 3.84. The van der Waals surface area contributed by atoms with Crippen LogP contribution >= 0.6 is 11.3 Å². The molecule has 1 aromatic heterocycles. The van der Waals surface area contributed by atoms with Gasteiger partial charge in [0.25, 0.3) is 0 Å². The second-order valence-corrected chi connectivity index (χ2v) is 5.21. The Bertz CT molecular complexity index is 522. The first kappa shape index (κ1) is 13.2. The van der Waals surface area contributed by atoms with Crippen LogP contribution in [0, 0.1) is 11.6 Å². The minimum Gasteiger partial charge on any atom is -0.312 e. The normalized spacial score (nSPS) is 10.8. The van der Waals surface area contributed by atoms with Gasteiger partial charge in [0.1, 0.15) is 0 Å². The van der Waals surface area contributed by atoms with Crippen LogP contribution in [0.2, 0.25) is 0 Å². The Balaban J connectivity index is 2.16. The highest BCUT2D eigenvalue weighted by Crippen LogP contribution is 2.30. The molecule has 0 radical (unpaired) electrons. The average molecular weight is 267 g/mol. The van der Waals surface area contributed by atoms with Crippen LogP contribution in [-0.4, -0.2) is 6.54 Å². The molecule has 1 nitrogen and oxygen atoms in total. The zero-order valence-corrected chi connectivity index (χ0v) is 11.0. The van der Waals surface area contributed by atoms with Gasteiger partial charge in [-0.15, -0.1) is 11.3 Å². The summed E-state index contributed by atoms with van der Waals surface area (Å²) in [6, 6.07) is 8.06. The second-order valence-electron chi connectivity index (χ2n) is 4.04. The van der Waals surface area contributed by atoms with Crippen LogP contribution in [-0.2, 0) is 6.54 Å². The molecule has 2 rings (SSSR count). The molecule has 0 aliphatic carbocycles. The SMILES string of the molecule is CCCNCc1ccc(-c2cccc(F)c2F)s1. The quantitative estimate of drug-likeness (QED) is 0.801. The van der Waals surface area contributed by atoms with Crippen LogP contribution in [0.3, 0.4) is 0 Å². The summed E-state index contributed by atoms with van der Waals surface area (Å²) < 4.78 is 26.8. The molecule has 0 amide bonds. The first-order valence-electron chi connectivity index (χ1n) is 5.96. The molecule has 0 saturated heterocycles. The number of halogens is 2. The third-order valence-corrected chi connectivity index (χ3v) is 3.72. The Morgan fingerprint density at radius 1 is 1.17 bits per heavy atom. The number of hydrogen-bond donors (Lipinski definition) is 1. The van der Waals surface area contributed by atoms with E-state index in [9.17, 15) is 8.78 Å². The standard InChI is InChI=1S/C14H15F2NS/c1-2-8-17-9-10-6-7-13(18-10)11-4-3-5-12(15)14(11)16/h3-7,17H,2,8-9H2,1H3. The molecule has 0 fully saturated rings. The fourth-order valence-electron chi connectivity index (χ4n) is 1.70. The van der Waals surface area contributed by atoms with Gasteiger partial charge in [0.15, 0.2) is 11.6 Å². The van der Waals surface area contributed by atoms with E-state index in [1.54, 1.807) is 6.07 Å². The average Bonchev–Trinajstić information content (AvgIpc) is 2.82. The first-order valence-corrected chi connectivity index (χ1v) is 6.78. The summed E-state index contributed by atoms with van der Waals surface area (Å²) in [4.78, 5) is 1.89. The summed E-state index contributed by atoms with van der Waals surface area (Å²) in [5.41, 5.74) is 0.335. The molecular weight excluding hydrogens is 252 g/mol. The highest BCUT2D eigenvalue weighted by Gasteiger charge is 2.11. The summed E-state index contributed by atoms with van der Waals surface area (Å²) in [7, 11) is 0. The van der Waals surface area contributed by atoms with Gasteiger partial charge in [-0.1, -0.05) is 19.1 Å². The minimum atomic E-state index is -0.799. The lowest BCUT2D eigenvalue weighted by molar-refractivity contribution is 0.511. The smallest absolute Gasteiger partial charge is 0.167 e. The van der Waals surface area contributed by atoms with Crippen molar-refractivity contribution in [2.45, 2.75) is 19.9 Å². The number of hydrogen-bond acceptors (Lipinski definition) is 2. The highest BCUT2D eigenvalue weighted by molar-refractivity contribution is 7.15. The van der Waals surface area contributed by atoms with Crippen LogP contribution in [0.15, 0.2) is 30.3 Å². The van der Waals surface area contributed by atoms with Gasteiger partial charge in [-0.2, -0.15) is 0 Å². The van der Waals surface area contributed by atoms with Gasteiger partial charge in [0.2, 0.25) is 0 Å². The zero-order chi connectivity index (χ0) is 13.0. The third-order valence-electron chi connectivity index (χ3n) is 2.60. The molecule has 0 aliphatic heterocycles. The van der Waals surface area contributed by atoms with Crippen molar-refractivity contribution >= 4 is 11.3 Å². The van der Waals surface area contributed by atoms with Gasteiger partial charge in [0, 0.05) is 21.9 Å². The van der Waals surface area contributed by atoms with Crippen molar-refractivity contribution in [2.24, 2.45) is 0 Å². The van der Waals surface area contributed by atoms with Gasteiger partial charge < -0.3 is 5.32 Å². The van der Waals surface area contributed by atoms with Gasteiger partial charge in [0.05, 0.1) is 0 Å². The van der Waals surface area contributed by atoms with E-state index in [-0.39, 0.29) is 0 Å². The lowest BCUT2D eigenvalue weighted by Gasteiger charge is -2.01. The Morgan fingerprint density at radius 3 is 2.78 bits per heavy atom. The van der Waals surface area contributed by atoms with Gasteiger partial charge in [-0.05, 0) is 31.2 Å². The Hall–Kier alpha value is -1.26. The van der Waals surface area contributed by atoms with Crippen molar-refractivity contribution in [3.05, 3.63) is 46.8 Å². The number of benzene rings is 1. The maximum Gasteiger partial charge on any atom is 0.167 e. The molecule has 0 spiro atoms. The zero-order valence-electron chi connectivity index (χ0n) is 10.2.